The minimum absolute atomic E-state index is 0.0498. The third kappa shape index (κ3) is 5.00. The van der Waals surface area contributed by atoms with E-state index < -0.39 is 21.4 Å². The van der Waals surface area contributed by atoms with E-state index in [4.69, 9.17) is 0 Å². The molecular formula is C29H30N2O4S. The van der Waals surface area contributed by atoms with Crippen LogP contribution in [0.25, 0.3) is 10.9 Å². The molecule has 0 spiro atoms. The van der Waals surface area contributed by atoms with Crippen LogP contribution in [0.2, 0.25) is 0 Å². The number of hydrogen-bond acceptors (Lipinski definition) is 5. The average Bonchev–Trinajstić information content (AvgIpc) is 2.85. The molecule has 0 saturated carbocycles. The molecule has 4 aromatic rings. The molecule has 186 valence electrons. The molecule has 1 aromatic heterocycles. The van der Waals surface area contributed by atoms with Gasteiger partial charge in [0.15, 0.2) is 9.84 Å². The fourth-order valence-electron chi connectivity index (χ4n) is 5.47. The number of nitrogens with one attached hydrogen (secondary N) is 2. The van der Waals surface area contributed by atoms with Gasteiger partial charge in [-0.2, -0.15) is 0 Å². The standard InChI is InChI=1S/C29H30N2O4S/c1-36(34,35)24-12-13-26-22(17-24)18-25(28(32)31-26)27(21-10-6-3-7-11-21)29(33)14-15-30-23(19-29)16-20-8-4-2-5-9-20/h2-13,17-18,23,27,30,33H,14-16,19H2,1H3,(H,31,32). The Kier molecular flexibility index (Phi) is 6.55. The van der Waals surface area contributed by atoms with E-state index >= 15 is 0 Å². The molecule has 0 amide bonds. The van der Waals surface area contributed by atoms with Crippen LogP contribution in [-0.2, 0) is 16.3 Å². The normalized spacial score (nSPS) is 21.3. The summed E-state index contributed by atoms with van der Waals surface area (Å²) in [5, 5.41) is 16.3. The fourth-order valence-corrected chi connectivity index (χ4v) is 6.13. The predicted molar refractivity (Wildman–Crippen MR) is 142 cm³/mol. The molecular weight excluding hydrogens is 472 g/mol. The maximum Gasteiger partial charge on any atom is 0.252 e. The lowest BCUT2D eigenvalue weighted by molar-refractivity contribution is -0.0188. The Labute approximate surface area is 210 Å². The van der Waals surface area contributed by atoms with E-state index in [9.17, 15) is 18.3 Å². The van der Waals surface area contributed by atoms with Gasteiger partial charge in [0.25, 0.3) is 5.56 Å². The SMILES string of the molecule is CS(=O)(=O)c1ccc2[nH]c(=O)c(C(c3ccccc3)C3(O)CCNC(Cc4ccccc4)C3)cc2c1. The van der Waals surface area contributed by atoms with E-state index in [0.29, 0.717) is 35.9 Å². The van der Waals surface area contributed by atoms with Crippen molar-refractivity contribution < 1.29 is 13.5 Å². The van der Waals surface area contributed by atoms with E-state index in [2.05, 4.69) is 22.4 Å². The van der Waals surface area contributed by atoms with Crippen molar-refractivity contribution in [1.82, 2.24) is 10.3 Å². The molecule has 5 rings (SSSR count). The van der Waals surface area contributed by atoms with Gasteiger partial charge in [0.1, 0.15) is 0 Å². The molecule has 0 radical (unpaired) electrons. The monoisotopic (exact) mass is 502 g/mol. The van der Waals surface area contributed by atoms with Gasteiger partial charge in [-0.15, -0.1) is 0 Å². The maximum absolute atomic E-state index is 13.4. The average molecular weight is 503 g/mol. The van der Waals surface area contributed by atoms with E-state index in [1.54, 1.807) is 18.2 Å². The highest BCUT2D eigenvalue weighted by atomic mass is 32.2. The van der Waals surface area contributed by atoms with E-state index in [0.717, 1.165) is 18.2 Å². The summed E-state index contributed by atoms with van der Waals surface area (Å²) in [5.41, 5.74) is 1.58. The smallest absolute Gasteiger partial charge is 0.252 e. The molecule has 1 aliphatic rings. The van der Waals surface area contributed by atoms with Gasteiger partial charge in [0, 0.05) is 29.3 Å². The van der Waals surface area contributed by atoms with Crippen LogP contribution in [0, 0.1) is 0 Å². The number of fused-ring (bicyclic) bond motifs is 1. The van der Waals surface area contributed by atoms with Crippen molar-refractivity contribution in [2.45, 2.75) is 41.7 Å². The highest BCUT2D eigenvalue weighted by Crippen LogP contribution is 2.41. The van der Waals surface area contributed by atoms with Crippen LogP contribution in [0.5, 0.6) is 0 Å². The first-order chi connectivity index (χ1) is 17.2. The van der Waals surface area contributed by atoms with Crippen molar-refractivity contribution >= 4 is 20.7 Å². The van der Waals surface area contributed by atoms with Crippen molar-refractivity contribution in [2.75, 3.05) is 12.8 Å². The summed E-state index contributed by atoms with van der Waals surface area (Å²) in [6.07, 6.45) is 2.90. The van der Waals surface area contributed by atoms with Crippen LogP contribution in [-0.4, -0.2) is 43.0 Å². The summed E-state index contributed by atoms with van der Waals surface area (Å²) < 4.78 is 24.3. The maximum atomic E-state index is 13.4. The zero-order valence-corrected chi connectivity index (χ0v) is 21.0. The number of benzene rings is 3. The Morgan fingerprint density at radius 1 is 1.00 bits per heavy atom. The Morgan fingerprint density at radius 3 is 2.39 bits per heavy atom. The zero-order valence-electron chi connectivity index (χ0n) is 20.1. The minimum Gasteiger partial charge on any atom is -0.389 e. The summed E-state index contributed by atoms with van der Waals surface area (Å²) in [6.45, 7) is 0.626. The van der Waals surface area contributed by atoms with E-state index in [-0.39, 0.29) is 16.5 Å². The van der Waals surface area contributed by atoms with Gasteiger partial charge in [0.05, 0.1) is 10.5 Å². The lowest BCUT2D eigenvalue weighted by Crippen LogP contribution is -2.52. The molecule has 1 aliphatic heterocycles. The van der Waals surface area contributed by atoms with Crippen LogP contribution >= 0.6 is 0 Å². The molecule has 2 heterocycles. The number of aromatic amines is 1. The number of H-pyrrole nitrogens is 1. The Morgan fingerprint density at radius 2 is 1.69 bits per heavy atom. The van der Waals surface area contributed by atoms with Crippen LogP contribution in [0.4, 0.5) is 0 Å². The van der Waals surface area contributed by atoms with Gasteiger partial charge in [-0.1, -0.05) is 60.7 Å². The Balaban J connectivity index is 1.60. The number of hydrogen-bond donors (Lipinski definition) is 3. The molecule has 3 N–H and O–H groups in total. The Hall–Kier alpha value is -3.26. The first kappa shape index (κ1) is 24.4. The fraction of sp³-hybridized carbons (Fsp3) is 0.276. The van der Waals surface area contributed by atoms with Crippen molar-refractivity contribution in [1.29, 1.82) is 0 Å². The number of sulfone groups is 1. The molecule has 36 heavy (non-hydrogen) atoms. The highest BCUT2D eigenvalue weighted by molar-refractivity contribution is 7.90. The van der Waals surface area contributed by atoms with Gasteiger partial charge in [-0.25, -0.2) is 8.42 Å². The number of aromatic nitrogens is 1. The second-order valence-electron chi connectivity index (χ2n) is 9.82. The first-order valence-corrected chi connectivity index (χ1v) is 14.0. The number of pyridine rings is 1. The molecule has 0 bridgehead atoms. The molecule has 3 unspecified atom stereocenters. The first-order valence-electron chi connectivity index (χ1n) is 12.1. The second kappa shape index (κ2) is 9.65. The zero-order chi connectivity index (χ0) is 25.3. The highest BCUT2D eigenvalue weighted by Gasteiger charge is 2.43. The molecule has 1 saturated heterocycles. The van der Waals surface area contributed by atoms with Crippen LogP contribution in [0.1, 0.15) is 35.4 Å². The quantitative estimate of drug-likeness (QED) is 0.373. The van der Waals surface area contributed by atoms with E-state index in [1.807, 2.05) is 48.5 Å². The second-order valence-corrected chi connectivity index (χ2v) is 11.8. The van der Waals surface area contributed by atoms with Crippen LogP contribution in [0.15, 0.2) is 94.6 Å². The summed E-state index contributed by atoms with van der Waals surface area (Å²) in [7, 11) is -3.41. The van der Waals surface area contributed by atoms with E-state index in [1.165, 1.54) is 11.6 Å². The number of aliphatic hydroxyl groups is 1. The lowest BCUT2D eigenvalue weighted by Gasteiger charge is -2.43. The van der Waals surface area contributed by atoms with Crippen LogP contribution in [0.3, 0.4) is 0 Å². The van der Waals surface area contributed by atoms with Crippen LogP contribution < -0.4 is 10.9 Å². The minimum atomic E-state index is -3.41. The van der Waals surface area contributed by atoms with Gasteiger partial charge in [-0.05, 0) is 66.6 Å². The van der Waals surface area contributed by atoms with Gasteiger partial charge < -0.3 is 15.4 Å². The molecule has 3 aromatic carbocycles. The predicted octanol–water partition coefficient (Wildman–Crippen LogP) is 3.79. The number of rotatable bonds is 6. The number of piperidine rings is 1. The Bertz CT molecular complexity index is 1530. The topological polar surface area (TPSA) is 99.3 Å². The summed E-state index contributed by atoms with van der Waals surface area (Å²) in [5.74, 6) is -0.575. The summed E-state index contributed by atoms with van der Waals surface area (Å²) >= 11 is 0. The van der Waals surface area contributed by atoms with Gasteiger partial charge in [0.2, 0.25) is 0 Å². The van der Waals surface area contributed by atoms with Crippen molar-refractivity contribution in [3.63, 3.8) is 0 Å². The third-order valence-electron chi connectivity index (χ3n) is 7.17. The molecule has 6 nitrogen and oxygen atoms in total. The molecule has 1 fully saturated rings. The van der Waals surface area contributed by atoms with Gasteiger partial charge in [-0.3, -0.25) is 4.79 Å². The van der Waals surface area contributed by atoms with Crippen molar-refractivity contribution in [3.8, 4) is 0 Å². The summed E-state index contributed by atoms with van der Waals surface area (Å²) in [4.78, 5) is 16.5. The lowest BCUT2D eigenvalue weighted by atomic mass is 9.70. The van der Waals surface area contributed by atoms with Gasteiger partial charge >= 0.3 is 0 Å². The largest absolute Gasteiger partial charge is 0.389 e. The third-order valence-corrected chi connectivity index (χ3v) is 8.28. The molecule has 0 aliphatic carbocycles. The van der Waals surface area contributed by atoms with Crippen molar-refractivity contribution in [3.05, 3.63) is 112 Å². The summed E-state index contributed by atoms with van der Waals surface area (Å²) in [6, 6.07) is 26.3. The molecule has 7 heteroatoms. The van der Waals surface area contributed by atoms with Crippen molar-refractivity contribution in [2.24, 2.45) is 0 Å². The molecule has 3 atom stereocenters.